The van der Waals surface area contributed by atoms with Crippen molar-refractivity contribution in [1.29, 1.82) is 0 Å². The third kappa shape index (κ3) is 4.29. The van der Waals surface area contributed by atoms with E-state index in [4.69, 9.17) is 9.47 Å². The standard InChI is InChI=1S/C19H15F2N7O2/c1-29-17-6-5-15(25-26-17)24-16-10-12(7-9-23-16)30-14-11-28(19(20)21)27-18(14)13-4-2-3-8-22-13/h2-11,19H,1H3,(H,23,24,25). The second-order valence-electron chi connectivity index (χ2n) is 5.88. The van der Waals surface area contributed by atoms with Crippen LogP contribution >= 0.6 is 0 Å². The Morgan fingerprint density at radius 2 is 1.90 bits per heavy atom. The summed E-state index contributed by atoms with van der Waals surface area (Å²) in [5.74, 6) is 1.74. The van der Waals surface area contributed by atoms with Gasteiger partial charge in [-0.15, -0.1) is 10.2 Å². The topological polar surface area (TPSA) is 99.9 Å². The molecule has 152 valence electrons. The lowest BCUT2D eigenvalue weighted by Crippen LogP contribution is -1.98. The number of aromatic nitrogens is 6. The van der Waals surface area contributed by atoms with E-state index in [1.54, 1.807) is 48.7 Å². The molecular weight excluding hydrogens is 396 g/mol. The molecule has 0 unspecified atom stereocenters. The largest absolute Gasteiger partial charge is 0.480 e. The molecule has 1 N–H and O–H groups in total. The molecule has 0 bridgehead atoms. The average Bonchev–Trinajstić information content (AvgIpc) is 3.19. The molecule has 0 amide bonds. The second-order valence-corrected chi connectivity index (χ2v) is 5.88. The van der Waals surface area contributed by atoms with Gasteiger partial charge in [-0.1, -0.05) is 6.07 Å². The Labute approximate surface area is 169 Å². The van der Waals surface area contributed by atoms with Crippen molar-refractivity contribution in [2.24, 2.45) is 0 Å². The normalized spacial score (nSPS) is 10.8. The van der Waals surface area contributed by atoms with Crippen LogP contribution in [0.2, 0.25) is 0 Å². The van der Waals surface area contributed by atoms with E-state index in [1.807, 2.05) is 0 Å². The van der Waals surface area contributed by atoms with Crippen LogP contribution in [0.15, 0.2) is 61.1 Å². The molecule has 4 aromatic heterocycles. The molecule has 30 heavy (non-hydrogen) atoms. The Balaban J connectivity index is 1.59. The first-order chi connectivity index (χ1) is 14.6. The molecule has 11 heteroatoms. The molecular formula is C19H15F2N7O2. The maximum atomic E-state index is 13.2. The summed E-state index contributed by atoms with van der Waals surface area (Å²) < 4.78 is 37.6. The van der Waals surface area contributed by atoms with E-state index in [1.165, 1.54) is 13.3 Å². The van der Waals surface area contributed by atoms with Crippen LogP contribution in [-0.2, 0) is 0 Å². The van der Waals surface area contributed by atoms with Crippen LogP contribution < -0.4 is 14.8 Å². The number of pyridine rings is 2. The molecule has 4 aromatic rings. The van der Waals surface area contributed by atoms with Crippen LogP contribution in [0, 0.1) is 0 Å². The van der Waals surface area contributed by atoms with E-state index >= 15 is 0 Å². The van der Waals surface area contributed by atoms with Gasteiger partial charge in [0.05, 0.1) is 19.0 Å². The van der Waals surface area contributed by atoms with Crippen molar-refractivity contribution in [3.05, 3.63) is 61.1 Å². The number of hydrogen-bond acceptors (Lipinski definition) is 8. The maximum absolute atomic E-state index is 13.2. The highest BCUT2D eigenvalue weighted by molar-refractivity contribution is 5.63. The summed E-state index contributed by atoms with van der Waals surface area (Å²) in [5.41, 5.74) is 0.607. The van der Waals surface area contributed by atoms with E-state index in [0.717, 1.165) is 6.20 Å². The molecule has 0 aliphatic heterocycles. The molecule has 0 aliphatic rings. The molecule has 0 aliphatic carbocycles. The van der Waals surface area contributed by atoms with Gasteiger partial charge in [0.25, 0.3) is 0 Å². The molecule has 9 nitrogen and oxygen atoms in total. The third-order valence-electron chi connectivity index (χ3n) is 3.87. The SMILES string of the molecule is COc1ccc(Nc2cc(Oc3cn(C(F)F)nc3-c3ccccn3)ccn2)nn1. The van der Waals surface area contributed by atoms with Gasteiger partial charge in [0.1, 0.15) is 11.6 Å². The van der Waals surface area contributed by atoms with Crippen LogP contribution in [0.4, 0.5) is 20.4 Å². The number of rotatable bonds is 7. The van der Waals surface area contributed by atoms with Gasteiger partial charge in [-0.2, -0.15) is 13.9 Å². The average molecular weight is 411 g/mol. The van der Waals surface area contributed by atoms with Crippen molar-refractivity contribution in [1.82, 2.24) is 29.9 Å². The van der Waals surface area contributed by atoms with Gasteiger partial charge in [0.2, 0.25) is 5.88 Å². The van der Waals surface area contributed by atoms with Crippen LogP contribution in [-0.4, -0.2) is 37.1 Å². The fraction of sp³-hybridized carbons (Fsp3) is 0.105. The summed E-state index contributed by atoms with van der Waals surface area (Å²) in [6.45, 7) is -2.81. The van der Waals surface area contributed by atoms with E-state index in [0.29, 0.717) is 33.6 Å². The summed E-state index contributed by atoms with van der Waals surface area (Å²) in [5, 5.41) is 14.7. The van der Waals surface area contributed by atoms with Gasteiger partial charge in [-0.25, -0.2) is 9.67 Å². The zero-order valence-electron chi connectivity index (χ0n) is 15.6. The minimum Gasteiger partial charge on any atom is -0.480 e. The summed E-state index contributed by atoms with van der Waals surface area (Å²) >= 11 is 0. The van der Waals surface area contributed by atoms with Crippen LogP contribution in [0.3, 0.4) is 0 Å². The molecule has 0 fully saturated rings. The van der Waals surface area contributed by atoms with Crippen molar-refractivity contribution >= 4 is 11.6 Å². The summed E-state index contributed by atoms with van der Waals surface area (Å²) in [6.07, 6.45) is 4.18. The molecule has 4 heterocycles. The Hall–Kier alpha value is -4.15. The van der Waals surface area contributed by atoms with Crippen LogP contribution in [0.25, 0.3) is 11.4 Å². The summed E-state index contributed by atoms with van der Waals surface area (Å²) in [7, 11) is 1.49. The smallest absolute Gasteiger partial charge is 0.333 e. The van der Waals surface area contributed by atoms with Crippen molar-refractivity contribution in [3.63, 3.8) is 0 Å². The molecule has 0 atom stereocenters. The monoisotopic (exact) mass is 411 g/mol. The van der Waals surface area contributed by atoms with Gasteiger partial charge in [-0.05, 0) is 24.3 Å². The number of halogens is 2. The van der Waals surface area contributed by atoms with E-state index in [2.05, 4.69) is 30.6 Å². The highest BCUT2D eigenvalue weighted by Crippen LogP contribution is 2.33. The second kappa shape index (κ2) is 8.47. The van der Waals surface area contributed by atoms with Crippen molar-refractivity contribution < 1.29 is 18.3 Å². The lowest BCUT2D eigenvalue weighted by atomic mass is 10.2. The highest BCUT2D eigenvalue weighted by atomic mass is 19.3. The lowest BCUT2D eigenvalue weighted by molar-refractivity contribution is 0.0566. The highest BCUT2D eigenvalue weighted by Gasteiger charge is 2.18. The first kappa shape index (κ1) is 19.2. The Morgan fingerprint density at radius 3 is 2.60 bits per heavy atom. The number of alkyl halides is 2. The van der Waals surface area contributed by atoms with Gasteiger partial charge >= 0.3 is 6.55 Å². The minimum absolute atomic E-state index is 0.135. The number of nitrogens with one attached hydrogen (secondary N) is 1. The van der Waals surface area contributed by atoms with Crippen molar-refractivity contribution in [2.75, 3.05) is 12.4 Å². The first-order valence-corrected chi connectivity index (χ1v) is 8.70. The number of hydrogen-bond donors (Lipinski definition) is 1. The van der Waals surface area contributed by atoms with Crippen LogP contribution in [0.1, 0.15) is 6.55 Å². The summed E-state index contributed by atoms with van der Waals surface area (Å²) in [4.78, 5) is 8.35. The van der Waals surface area contributed by atoms with Crippen LogP contribution in [0.5, 0.6) is 17.4 Å². The first-order valence-electron chi connectivity index (χ1n) is 8.70. The molecule has 0 spiro atoms. The number of nitrogens with zero attached hydrogens (tertiary/aromatic N) is 6. The molecule has 0 aromatic carbocycles. The maximum Gasteiger partial charge on any atom is 0.333 e. The van der Waals surface area contributed by atoms with E-state index in [-0.39, 0.29) is 11.4 Å². The molecule has 0 radical (unpaired) electrons. The Kier molecular flexibility index (Phi) is 5.42. The number of methoxy groups -OCH3 is 1. The Morgan fingerprint density at radius 1 is 1.00 bits per heavy atom. The minimum atomic E-state index is -2.81. The summed E-state index contributed by atoms with van der Waals surface area (Å²) in [6, 6.07) is 11.6. The zero-order chi connectivity index (χ0) is 20.9. The van der Waals surface area contributed by atoms with Gasteiger partial charge < -0.3 is 14.8 Å². The van der Waals surface area contributed by atoms with E-state index in [9.17, 15) is 8.78 Å². The van der Waals surface area contributed by atoms with Gasteiger partial charge in [0.15, 0.2) is 17.3 Å². The number of anilines is 2. The Bertz CT molecular complexity index is 1120. The quantitative estimate of drug-likeness (QED) is 0.486. The van der Waals surface area contributed by atoms with Gasteiger partial charge in [0, 0.05) is 24.5 Å². The fourth-order valence-corrected chi connectivity index (χ4v) is 2.53. The fourth-order valence-electron chi connectivity index (χ4n) is 2.53. The molecule has 0 saturated carbocycles. The van der Waals surface area contributed by atoms with Crippen molar-refractivity contribution in [3.8, 4) is 28.8 Å². The predicted molar refractivity (Wildman–Crippen MR) is 103 cm³/mol. The predicted octanol–water partition coefficient (Wildman–Crippen LogP) is 4.07. The zero-order valence-corrected chi connectivity index (χ0v) is 15.6. The van der Waals surface area contributed by atoms with Gasteiger partial charge in [-0.3, -0.25) is 4.98 Å². The lowest BCUT2D eigenvalue weighted by Gasteiger charge is -2.08. The molecule has 0 saturated heterocycles. The van der Waals surface area contributed by atoms with Crippen molar-refractivity contribution in [2.45, 2.75) is 6.55 Å². The van der Waals surface area contributed by atoms with E-state index < -0.39 is 6.55 Å². The third-order valence-corrected chi connectivity index (χ3v) is 3.87. The number of ether oxygens (including phenoxy) is 2. The molecule has 4 rings (SSSR count).